The van der Waals surface area contributed by atoms with E-state index in [9.17, 15) is 18.4 Å². The van der Waals surface area contributed by atoms with Crippen LogP contribution in [0.25, 0.3) is 10.4 Å². The van der Waals surface area contributed by atoms with Gasteiger partial charge in [0, 0.05) is 22.5 Å². The molecule has 0 atom stereocenters. The highest BCUT2D eigenvalue weighted by atomic mass is 32.1. The second kappa shape index (κ2) is 9.20. The summed E-state index contributed by atoms with van der Waals surface area (Å²) in [5.74, 6) is -2.43. The number of rotatable bonds is 6. The SMILES string of the molecule is O=C(NCc1ccc(-c2ccc3c(c2)CNN3)s1)c1cccn(Cc2ccc(F)c(F)c2)c1=O. The average Bonchev–Trinajstić information content (AvgIpc) is 3.50. The van der Waals surface area contributed by atoms with E-state index in [-0.39, 0.29) is 18.7 Å². The first-order chi connectivity index (χ1) is 16.5. The van der Waals surface area contributed by atoms with E-state index in [1.807, 2.05) is 24.3 Å². The van der Waals surface area contributed by atoms with Crippen molar-refractivity contribution in [2.75, 3.05) is 5.43 Å². The number of pyridine rings is 1. The van der Waals surface area contributed by atoms with Crippen LogP contribution in [0.4, 0.5) is 14.5 Å². The maximum atomic E-state index is 13.5. The fraction of sp³-hybridized carbons (Fsp3) is 0.120. The topological polar surface area (TPSA) is 75.2 Å². The molecule has 5 rings (SSSR count). The van der Waals surface area contributed by atoms with Gasteiger partial charge >= 0.3 is 0 Å². The third kappa shape index (κ3) is 4.48. The van der Waals surface area contributed by atoms with Crippen LogP contribution in [0, 0.1) is 11.6 Å². The van der Waals surface area contributed by atoms with Gasteiger partial charge in [-0.3, -0.25) is 9.59 Å². The number of hydrogen-bond donors (Lipinski definition) is 3. The number of anilines is 1. The van der Waals surface area contributed by atoms with E-state index in [1.165, 1.54) is 28.5 Å². The molecule has 0 radical (unpaired) electrons. The number of thiophene rings is 1. The van der Waals surface area contributed by atoms with Gasteiger partial charge in [-0.15, -0.1) is 11.3 Å². The Bertz CT molecular complexity index is 1450. The largest absolute Gasteiger partial charge is 0.347 e. The lowest BCUT2D eigenvalue weighted by Crippen LogP contribution is -2.32. The van der Waals surface area contributed by atoms with Gasteiger partial charge in [0.2, 0.25) is 0 Å². The van der Waals surface area contributed by atoms with Crippen LogP contribution in [-0.4, -0.2) is 10.5 Å². The standard InChI is InChI=1S/C25H20F2N4O2S/c26-20-6-3-15(10-21(20)27)14-31-9-1-2-19(25(31)33)24(32)28-13-18-5-8-23(34-18)16-4-7-22-17(11-16)12-29-30-22/h1-11,29-30H,12-14H2,(H,28,32). The normalized spacial score (nSPS) is 12.3. The Balaban J connectivity index is 1.27. The van der Waals surface area contributed by atoms with Gasteiger partial charge < -0.3 is 15.3 Å². The molecule has 0 fully saturated rings. The molecule has 34 heavy (non-hydrogen) atoms. The molecule has 2 aromatic carbocycles. The van der Waals surface area contributed by atoms with Crippen molar-refractivity contribution in [3.63, 3.8) is 0 Å². The van der Waals surface area contributed by atoms with E-state index in [4.69, 9.17) is 0 Å². The van der Waals surface area contributed by atoms with Gasteiger partial charge in [0.1, 0.15) is 5.56 Å². The van der Waals surface area contributed by atoms with Crippen LogP contribution < -0.4 is 21.7 Å². The molecule has 4 aromatic rings. The van der Waals surface area contributed by atoms with Crippen molar-refractivity contribution in [2.24, 2.45) is 0 Å². The molecule has 1 aliphatic rings. The molecular formula is C25H20F2N4O2S. The quantitative estimate of drug-likeness (QED) is 0.387. The number of hydrogen-bond acceptors (Lipinski definition) is 5. The molecule has 9 heteroatoms. The number of halogens is 2. The summed E-state index contributed by atoms with van der Waals surface area (Å²) in [7, 11) is 0. The zero-order chi connectivity index (χ0) is 23.7. The smallest absolute Gasteiger partial charge is 0.263 e. The number of carbonyl (C=O) groups excluding carboxylic acids is 1. The van der Waals surface area contributed by atoms with E-state index in [1.54, 1.807) is 17.4 Å². The molecule has 3 N–H and O–H groups in total. The van der Waals surface area contributed by atoms with Crippen LogP contribution in [0.1, 0.15) is 26.4 Å². The van der Waals surface area contributed by atoms with Crippen molar-refractivity contribution in [1.29, 1.82) is 0 Å². The Morgan fingerprint density at radius 2 is 1.94 bits per heavy atom. The minimum Gasteiger partial charge on any atom is -0.347 e. The average molecular weight is 479 g/mol. The van der Waals surface area contributed by atoms with Crippen molar-refractivity contribution in [1.82, 2.24) is 15.3 Å². The third-order valence-corrected chi connectivity index (χ3v) is 6.71. The van der Waals surface area contributed by atoms with Crippen LogP contribution >= 0.6 is 11.3 Å². The summed E-state index contributed by atoms with van der Waals surface area (Å²) < 4.78 is 27.9. The minimum atomic E-state index is -0.983. The van der Waals surface area contributed by atoms with Gasteiger partial charge in [0.25, 0.3) is 11.5 Å². The van der Waals surface area contributed by atoms with Crippen molar-refractivity contribution in [2.45, 2.75) is 19.6 Å². The molecule has 1 amide bonds. The third-order valence-electron chi connectivity index (χ3n) is 5.58. The molecule has 172 valence electrons. The zero-order valence-electron chi connectivity index (χ0n) is 17.9. The molecule has 1 aliphatic heterocycles. The number of hydrazine groups is 1. The fourth-order valence-electron chi connectivity index (χ4n) is 3.81. The van der Waals surface area contributed by atoms with Gasteiger partial charge in [0.05, 0.1) is 18.8 Å². The van der Waals surface area contributed by atoms with Crippen molar-refractivity contribution < 1.29 is 13.6 Å². The van der Waals surface area contributed by atoms with Crippen LogP contribution in [0.3, 0.4) is 0 Å². The Labute approximate surface area is 197 Å². The van der Waals surface area contributed by atoms with Gasteiger partial charge in [-0.1, -0.05) is 12.1 Å². The van der Waals surface area contributed by atoms with Gasteiger partial charge in [0.15, 0.2) is 11.6 Å². The molecule has 3 heterocycles. The van der Waals surface area contributed by atoms with E-state index in [0.717, 1.165) is 39.7 Å². The Hall–Kier alpha value is -3.82. The zero-order valence-corrected chi connectivity index (χ0v) is 18.7. The first-order valence-electron chi connectivity index (χ1n) is 10.6. The number of nitrogens with one attached hydrogen (secondary N) is 3. The second-order valence-electron chi connectivity index (χ2n) is 7.90. The molecule has 0 saturated carbocycles. The fourth-order valence-corrected chi connectivity index (χ4v) is 4.75. The summed E-state index contributed by atoms with van der Waals surface area (Å²) in [6, 6.07) is 16.7. The number of benzene rings is 2. The summed E-state index contributed by atoms with van der Waals surface area (Å²) in [4.78, 5) is 27.5. The lowest BCUT2D eigenvalue weighted by molar-refractivity contribution is 0.0949. The highest BCUT2D eigenvalue weighted by molar-refractivity contribution is 7.15. The molecular weight excluding hydrogens is 458 g/mol. The number of aromatic nitrogens is 1. The van der Waals surface area contributed by atoms with Crippen molar-refractivity contribution in [3.8, 4) is 10.4 Å². The molecule has 0 bridgehead atoms. The van der Waals surface area contributed by atoms with E-state index >= 15 is 0 Å². The maximum absolute atomic E-state index is 13.5. The summed E-state index contributed by atoms with van der Waals surface area (Å²) in [6.07, 6.45) is 1.51. The molecule has 0 saturated heterocycles. The van der Waals surface area contributed by atoms with Crippen molar-refractivity contribution in [3.05, 3.63) is 110 Å². The first kappa shape index (κ1) is 22.0. The predicted molar refractivity (Wildman–Crippen MR) is 128 cm³/mol. The molecule has 6 nitrogen and oxygen atoms in total. The molecule has 0 aliphatic carbocycles. The van der Waals surface area contributed by atoms with Crippen LogP contribution in [0.2, 0.25) is 0 Å². The number of fused-ring (bicyclic) bond motifs is 1. The molecule has 0 unspecified atom stereocenters. The highest BCUT2D eigenvalue weighted by Gasteiger charge is 2.15. The second-order valence-corrected chi connectivity index (χ2v) is 9.07. The number of amides is 1. The maximum Gasteiger partial charge on any atom is 0.263 e. The molecule has 0 spiro atoms. The van der Waals surface area contributed by atoms with Crippen LogP contribution in [-0.2, 0) is 19.6 Å². The Morgan fingerprint density at radius 3 is 2.79 bits per heavy atom. The van der Waals surface area contributed by atoms with Gasteiger partial charge in [-0.2, -0.15) is 0 Å². The summed E-state index contributed by atoms with van der Waals surface area (Å²) in [5.41, 5.74) is 9.48. The monoisotopic (exact) mass is 478 g/mol. The number of carbonyl (C=O) groups is 1. The van der Waals surface area contributed by atoms with E-state index in [0.29, 0.717) is 5.56 Å². The van der Waals surface area contributed by atoms with Crippen LogP contribution in [0.15, 0.2) is 71.7 Å². The number of nitrogens with zero attached hydrogens (tertiary/aromatic N) is 1. The van der Waals surface area contributed by atoms with Crippen LogP contribution in [0.5, 0.6) is 0 Å². The molecule has 2 aromatic heterocycles. The minimum absolute atomic E-state index is 0.0134. The van der Waals surface area contributed by atoms with Crippen molar-refractivity contribution >= 4 is 22.9 Å². The Morgan fingerprint density at radius 1 is 1.06 bits per heavy atom. The highest BCUT2D eigenvalue weighted by Crippen LogP contribution is 2.32. The Kier molecular flexibility index (Phi) is 5.95. The summed E-state index contributed by atoms with van der Waals surface area (Å²) in [5, 5.41) is 2.80. The lowest BCUT2D eigenvalue weighted by atomic mass is 10.1. The van der Waals surface area contributed by atoms with E-state index in [2.05, 4.69) is 22.2 Å². The van der Waals surface area contributed by atoms with Gasteiger partial charge in [-0.25, -0.2) is 14.2 Å². The van der Waals surface area contributed by atoms with E-state index < -0.39 is 23.1 Å². The predicted octanol–water partition coefficient (Wildman–Crippen LogP) is 4.26. The first-order valence-corrected chi connectivity index (χ1v) is 11.4. The summed E-state index contributed by atoms with van der Waals surface area (Å²) in [6.45, 7) is 1.08. The summed E-state index contributed by atoms with van der Waals surface area (Å²) >= 11 is 1.58. The lowest BCUT2D eigenvalue weighted by Gasteiger charge is -2.09. The van der Waals surface area contributed by atoms with Gasteiger partial charge in [-0.05, 0) is 65.2 Å².